The SMILES string of the molecule is c1nc(N2CCOC3(CCOC3)C2)c2c3c(sc2n1)CCCC3. The maximum absolute atomic E-state index is 6.08. The number of aryl methyl sites for hydroxylation is 2. The maximum atomic E-state index is 6.08. The molecule has 0 saturated carbocycles. The number of ether oxygens (including phenoxy) is 2. The molecule has 3 aliphatic rings. The highest BCUT2D eigenvalue weighted by Gasteiger charge is 2.41. The Kier molecular flexibility index (Phi) is 3.32. The lowest BCUT2D eigenvalue weighted by atomic mass is 9.96. The Bertz CT molecular complexity index is 739. The minimum Gasteiger partial charge on any atom is -0.378 e. The lowest BCUT2D eigenvalue weighted by Gasteiger charge is -2.40. The fourth-order valence-electron chi connectivity index (χ4n) is 4.17. The minimum absolute atomic E-state index is 0.133. The van der Waals surface area contributed by atoms with Crippen molar-refractivity contribution in [1.82, 2.24) is 9.97 Å². The van der Waals surface area contributed by atoms with Gasteiger partial charge in [-0.1, -0.05) is 0 Å². The third-order valence-corrected chi connectivity index (χ3v) is 6.55. The van der Waals surface area contributed by atoms with Crippen molar-refractivity contribution in [3.8, 4) is 0 Å². The summed E-state index contributed by atoms with van der Waals surface area (Å²) in [6.45, 7) is 4.05. The minimum atomic E-state index is -0.133. The van der Waals surface area contributed by atoms with Crippen molar-refractivity contribution in [2.45, 2.75) is 37.7 Å². The van der Waals surface area contributed by atoms with Gasteiger partial charge >= 0.3 is 0 Å². The first-order valence-electron chi connectivity index (χ1n) is 8.57. The van der Waals surface area contributed by atoms with Gasteiger partial charge in [0.25, 0.3) is 0 Å². The Morgan fingerprint density at radius 3 is 3.04 bits per heavy atom. The van der Waals surface area contributed by atoms with E-state index in [4.69, 9.17) is 14.5 Å². The number of hydrogen-bond donors (Lipinski definition) is 0. The molecule has 6 heteroatoms. The van der Waals surface area contributed by atoms with Gasteiger partial charge in [0.2, 0.25) is 0 Å². The molecule has 122 valence electrons. The molecule has 2 fully saturated rings. The number of nitrogens with zero attached hydrogens (tertiary/aromatic N) is 3. The van der Waals surface area contributed by atoms with E-state index in [1.165, 1.54) is 41.5 Å². The van der Waals surface area contributed by atoms with Crippen LogP contribution in [0.1, 0.15) is 29.7 Å². The molecule has 1 atom stereocenters. The molecule has 2 saturated heterocycles. The van der Waals surface area contributed by atoms with Crippen molar-refractivity contribution in [3.05, 3.63) is 16.8 Å². The molecule has 0 radical (unpaired) electrons. The number of rotatable bonds is 1. The predicted octanol–water partition coefficient (Wildman–Crippen LogP) is 2.57. The van der Waals surface area contributed by atoms with Gasteiger partial charge in [-0.2, -0.15) is 0 Å². The van der Waals surface area contributed by atoms with Crippen LogP contribution in [0.3, 0.4) is 0 Å². The summed E-state index contributed by atoms with van der Waals surface area (Å²) < 4.78 is 11.7. The number of hydrogen-bond acceptors (Lipinski definition) is 6. The van der Waals surface area contributed by atoms with Crippen LogP contribution >= 0.6 is 11.3 Å². The molecule has 0 N–H and O–H groups in total. The number of aromatic nitrogens is 2. The van der Waals surface area contributed by atoms with Crippen molar-refractivity contribution >= 4 is 27.4 Å². The molecule has 5 nitrogen and oxygen atoms in total. The van der Waals surface area contributed by atoms with Crippen molar-refractivity contribution in [3.63, 3.8) is 0 Å². The second-order valence-electron chi connectivity index (χ2n) is 6.84. The van der Waals surface area contributed by atoms with Crippen molar-refractivity contribution in [2.75, 3.05) is 37.8 Å². The molecule has 5 rings (SSSR count). The van der Waals surface area contributed by atoms with Crippen LogP contribution in [0.5, 0.6) is 0 Å². The number of morpholine rings is 1. The molecule has 1 unspecified atom stereocenters. The van der Waals surface area contributed by atoms with Gasteiger partial charge < -0.3 is 14.4 Å². The van der Waals surface area contributed by atoms with Gasteiger partial charge in [-0.15, -0.1) is 11.3 Å². The van der Waals surface area contributed by atoms with Gasteiger partial charge in [0.15, 0.2) is 0 Å². The first-order chi connectivity index (χ1) is 11.3. The monoisotopic (exact) mass is 331 g/mol. The molecule has 0 amide bonds. The van der Waals surface area contributed by atoms with Crippen LogP contribution in [0.15, 0.2) is 6.33 Å². The Morgan fingerprint density at radius 2 is 2.13 bits per heavy atom. The molecule has 0 aromatic carbocycles. The maximum Gasteiger partial charge on any atom is 0.141 e. The van der Waals surface area contributed by atoms with E-state index in [0.29, 0.717) is 6.61 Å². The lowest BCUT2D eigenvalue weighted by molar-refractivity contribution is -0.0580. The molecule has 2 aliphatic heterocycles. The van der Waals surface area contributed by atoms with Crippen LogP contribution in [-0.2, 0) is 22.3 Å². The van der Waals surface area contributed by atoms with Gasteiger partial charge in [-0.05, 0) is 31.2 Å². The normalized spacial score (nSPS) is 27.7. The van der Waals surface area contributed by atoms with Crippen LogP contribution in [-0.4, -0.2) is 48.5 Å². The third kappa shape index (κ3) is 2.27. The summed E-state index contributed by atoms with van der Waals surface area (Å²) >= 11 is 1.87. The van der Waals surface area contributed by atoms with E-state index in [0.717, 1.165) is 43.4 Å². The van der Waals surface area contributed by atoms with Crippen molar-refractivity contribution in [1.29, 1.82) is 0 Å². The molecule has 4 heterocycles. The molecule has 0 bridgehead atoms. The second-order valence-corrected chi connectivity index (χ2v) is 7.93. The standard InChI is InChI=1S/C17H21N3O2S/c1-2-4-13-12(3-1)14-15(18-11-19-16(14)23-13)20-6-8-22-17(9-20)5-7-21-10-17/h11H,1-10H2. The molecule has 2 aromatic rings. The quantitative estimate of drug-likeness (QED) is 0.804. The van der Waals surface area contributed by atoms with E-state index >= 15 is 0 Å². The number of thiophene rings is 1. The van der Waals surface area contributed by atoms with Gasteiger partial charge in [0.1, 0.15) is 22.6 Å². The fraction of sp³-hybridized carbons (Fsp3) is 0.647. The van der Waals surface area contributed by atoms with Crippen molar-refractivity contribution in [2.24, 2.45) is 0 Å². The zero-order chi connectivity index (χ0) is 15.3. The highest BCUT2D eigenvalue weighted by molar-refractivity contribution is 7.19. The highest BCUT2D eigenvalue weighted by Crippen LogP contribution is 2.40. The van der Waals surface area contributed by atoms with Gasteiger partial charge in [0, 0.05) is 24.4 Å². The van der Waals surface area contributed by atoms with Gasteiger partial charge in [0.05, 0.1) is 25.1 Å². The molecule has 2 aromatic heterocycles. The summed E-state index contributed by atoms with van der Waals surface area (Å²) in [6.07, 6.45) is 7.69. The van der Waals surface area contributed by atoms with Crippen LogP contribution < -0.4 is 4.90 Å². The average Bonchev–Trinajstić information content (AvgIpc) is 3.19. The van der Waals surface area contributed by atoms with E-state index in [2.05, 4.69) is 9.88 Å². The van der Waals surface area contributed by atoms with E-state index < -0.39 is 0 Å². The number of fused-ring (bicyclic) bond motifs is 3. The summed E-state index contributed by atoms with van der Waals surface area (Å²) in [4.78, 5) is 14.3. The van der Waals surface area contributed by atoms with Crippen LogP contribution in [0.25, 0.3) is 10.2 Å². The summed E-state index contributed by atoms with van der Waals surface area (Å²) in [7, 11) is 0. The van der Waals surface area contributed by atoms with E-state index in [9.17, 15) is 0 Å². The van der Waals surface area contributed by atoms with E-state index in [1.807, 2.05) is 11.3 Å². The number of anilines is 1. The Labute approximate surface area is 139 Å². The molecule has 1 spiro atoms. The van der Waals surface area contributed by atoms with Crippen LogP contribution in [0.2, 0.25) is 0 Å². The summed E-state index contributed by atoms with van der Waals surface area (Å²) in [5.74, 6) is 1.11. The Morgan fingerprint density at radius 1 is 1.17 bits per heavy atom. The smallest absolute Gasteiger partial charge is 0.141 e. The predicted molar refractivity (Wildman–Crippen MR) is 90.4 cm³/mol. The molecular weight excluding hydrogens is 310 g/mol. The van der Waals surface area contributed by atoms with Gasteiger partial charge in [-0.25, -0.2) is 9.97 Å². The second kappa shape index (κ2) is 5.40. The Balaban J connectivity index is 1.58. The third-order valence-electron chi connectivity index (χ3n) is 5.35. The zero-order valence-electron chi connectivity index (χ0n) is 13.2. The topological polar surface area (TPSA) is 47.5 Å². The average molecular weight is 331 g/mol. The molecule has 23 heavy (non-hydrogen) atoms. The lowest BCUT2D eigenvalue weighted by Crippen LogP contribution is -2.52. The molecule has 1 aliphatic carbocycles. The van der Waals surface area contributed by atoms with E-state index in [-0.39, 0.29) is 5.60 Å². The van der Waals surface area contributed by atoms with Gasteiger partial charge in [-0.3, -0.25) is 0 Å². The summed E-state index contributed by atoms with van der Waals surface area (Å²) in [5, 5.41) is 1.31. The first kappa shape index (κ1) is 14.1. The molecular formula is C17H21N3O2S. The van der Waals surface area contributed by atoms with Crippen LogP contribution in [0, 0.1) is 0 Å². The summed E-state index contributed by atoms with van der Waals surface area (Å²) in [6, 6.07) is 0. The van der Waals surface area contributed by atoms with Crippen LogP contribution in [0.4, 0.5) is 5.82 Å². The highest BCUT2D eigenvalue weighted by atomic mass is 32.1. The zero-order valence-corrected chi connectivity index (χ0v) is 14.0. The Hall–Kier alpha value is -1.24. The summed E-state index contributed by atoms with van der Waals surface area (Å²) in [5.41, 5.74) is 1.38. The first-order valence-corrected chi connectivity index (χ1v) is 9.38. The van der Waals surface area contributed by atoms with Crippen molar-refractivity contribution < 1.29 is 9.47 Å². The van der Waals surface area contributed by atoms with E-state index in [1.54, 1.807) is 6.33 Å². The largest absolute Gasteiger partial charge is 0.378 e. The fourth-order valence-corrected chi connectivity index (χ4v) is 5.39.